The van der Waals surface area contributed by atoms with Gasteiger partial charge in [0.15, 0.2) is 0 Å². The monoisotopic (exact) mass is 433 g/mol. The second kappa shape index (κ2) is 9.78. The Morgan fingerprint density at radius 2 is 1.77 bits per heavy atom. The third-order valence-electron chi connectivity index (χ3n) is 5.61. The molecule has 3 amide bonds. The van der Waals surface area contributed by atoms with E-state index in [2.05, 4.69) is 5.32 Å². The van der Waals surface area contributed by atoms with Crippen LogP contribution in [0.25, 0.3) is 0 Å². The van der Waals surface area contributed by atoms with Crippen LogP contribution in [0.15, 0.2) is 30.3 Å². The van der Waals surface area contributed by atoms with Crippen LogP contribution < -0.4 is 11.1 Å². The molecule has 1 aromatic carbocycles. The Labute approximate surface area is 183 Å². The van der Waals surface area contributed by atoms with Gasteiger partial charge in [0.25, 0.3) is 5.91 Å². The van der Waals surface area contributed by atoms with Gasteiger partial charge in [-0.1, -0.05) is 65.0 Å². The van der Waals surface area contributed by atoms with Crippen LogP contribution in [-0.2, 0) is 14.4 Å². The topological polar surface area (TPSA) is 133 Å². The molecule has 2 rings (SSSR count). The predicted octanol–water partition coefficient (Wildman–Crippen LogP) is 1.80. The van der Waals surface area contributed by atoms with E-state index < -0.39 is 41.2 Å². The van der Waals surface area contributed by atoms with Crippen molar-refractivity contribution in [2.45, 2.75) is 71.6 Å². The molecule has 5 N–H and O–H groups in total. The molecule has 1 saturated carbocycles. The zero-order valence-electron chi connectivity index (χ0n) is 18.9. The smallest absolute Gasteiger partial charge is 0.276 e. The molecule has 2 unspecified atom stereocenters. The van der Waals surface area contributed by atoms with Crippen LogP contribution >= 0.6 is 0 Å². The quantitative estimate of drug-likeness (QED) is 0.348. The summed E-state index contributed by atoms with van der Waals surface area (Å²) in [5.41, 5.74) is 5.65. The number of nitrogens with one attached hydrogen (secondary N) is 1. The molecule has 8 nitrogen and oxygen atoms in total. The Bertz CT molecular complexity index is 790. The fourth-order valence-corrected chi connectivity index (χ4v) is 3.90. The summed E-state index contributed by atoms with van der Waals surface area (Å²) >= 11 is 0. The number of amides is 3. The van der Waals surface area contributed by atoms with E-state index in [0.29, 0.717) is 0 Å². The Balaban J connectivity index is 2.13. The Kier molecular flexibility index (Phi) is 7.83. The molecule has 5 atom stereocenters. The van der Waals surface area contributed by atoms with Crippen molar-refractivity contribution in [3.63, 3.8) is 0 Å². The number of hydrogen-bond acceptors (Lipinski definition) is 5. The Morgan fingerprint density at radius 3 is 2.26 bits per heavy atom. The van der Waals surface area contributed by atoms with Crippen molar-refractivity contribution in [2.75, 3.05) is 0 Å². The molecular weight excluding hydrogens is 398 g/mol. The third kappa shape index (κ3) is 6.27. The SMILES string of the molecule is CC(C)C[C@@H](C(N)=O)[C@H](O)C(=O)N(O)[C@H](C(=O)NC1CC1c1ccccc1)C(C)(C)C. The van der Waals surface area contributed by atoms with Crippen molar-refractivity contribution < 1.29 is 24.7 Å². The van der Waals surface area contributed by atoms with Crippen molar-refractivity contribution in [1.82, 2.24) is 10.4 Å². The van der Waals surface area contributed by atoms with Crippen molar-refractivity contribution >= 4 is 17.7 Å². The molecule has 0 aliphatic heterocycles. The average Bonchev–Trinajstić information content (AvgIpc) is 3.43. The number of benzene rings is 1. The van der Waals surface area contributed by atoms with Gasteiger partial charge in [-0.3, -0.25) is 19.6 Å². The molecule has 1 aliphatic carbocycles. The lowest BCUT2D eigenvalue weighted by atomic mass is 9.84. The number of aliphatic hydroxyl groups excluding tert-OH is 1. The van der Waals surface area contributed by atoms with Crippen LogP contribution in [-0.4, -0.2) is 51.3 Å². The molecule has 0 spiro atoms. The number of rotatable bonds is 9. The molecule has 8 heteroatoms. The van der Waals surface area contributed by atoms with Gasteiger partial charge in [0.05, 0.1) is 5.92 Å². The van der Waals surface area contributed by atoms with Crippen molar-refractivity contribution in [3.05, 3.63) is 35.9 Å². The van der Waals surface area contributed by atoms with E-state index in [9.17, 15) is 24.7 Å². The number of carbonyl (C=O) groups is 3. The first-order valence-electron chi connectivity index (χ1n) is 10.7. The van der Waals surface area contributed by atoms with Crippen LogP contribution in [0.5, 0.6) is 0 Å². The molecular formula is C23H35N3O5. The molecule has 1 aromatic rings. The van der Waals surface area contributed by atoms with E-state index in [1.807, 2.05) is 44.2 Å². The molecule has 0 heterocycles. The number of carbonyl (C=O) groups excluding carboxylic acids is 3. The summed E-state index contributed by atoms with van der Waals surface area (Å²) in [6, 6.07) is 8.45. The summed E-state index contributed by atoms with van der Waals surface area (Å²) in [4.78, 5) is 37.6. The maximum atomic E-state index is 13.0. The standard InChI is InChI=1S/C23H35N3O5/c1-13(2)11-16(20(24)28)18(27)22(30)26(31)19(23(3,4)5)21(29)25-17-12-15(17)14-9-7-6-8-10-14/h6-10,13,15-19,27,31H,11-12H2,1-5H3,(H2,24,28)(H,25,29)/t15?,16-,17?,18+,19-/m1/s1. The number of primary amides is 1. The summed E-state index contributed by atoms with van der Waals surface area (Å²) < 4.78 is 0. The maximum Gasteiger partial charge on any atom is 0.276 e. The lowest BCUT2D eigenvalue weighted by Crippen LogP contribution is -2.58. The van der Waals surface area contributed by atoms with Crippen LogP contribution in [0.2, 0.25) is 0 Å². The predicted molar refractivity (Wildman–Crippen MR) is 116 cm³/mol. The van der Waals surface area contributed by atoms with E-state index in [1.54, 1.807) is 20.8 Å². The van der Waals surface area contributed by atoms with Crippen LogP contribution in [0.1, 0.15) is 58.9 Å². The minimum Gasteiger partial charge on any atom is -0.382 e. The van der Waals surface area contributed by atoms with Gasteiger partial charge in [0.1, 0.15) is 12.1 Å². The van der Waals surface area contributed by atoms with Gasteiger partial charge >= 0.3 is 0 Å². The highest BCUT2D eigenvalue weighted by atomic mass is 16.5. The summed E-state index contributed by atoms with van der Waals surface area (Å²) in [5.74, 6) is -3.43. The first-order valence-corrected chi connectivity index (χ1v) is 10.7. The number of hydrogen-bond donors (Lipinski definition) is 4. The van der Waals surface area contributed by atoms with Crippen LogP contribution in [0, 0.1) is 17.3 Å². The van der Waals surface area contributed by atoms with Gasteiger partial charge in [0, 0.05) is 12.0 Å². The maximum absolute atomic E-state index is 13.0. The van der Waals surface area contributed by atoms with Gasteiger partial charge in [-0.05, 0) is 29.7 Å². The second-order valence-corrected chi connectivity index (χ2v) is 9.90. The van der Waals surface area contributed by atoms with Crippen molar-refractivity contribution in [1.29, 1.82) is 0 Å². The first-order chi connectivity index (χ1) is 14.3. The Hall–Kier alpha value is -2.45. The lowest BCUT2D eigenvalue weighted by Gasteiger charge is -2.36. The summed E-state index contributed by atoms with van der Waals surface area (Å²) in [6.07, 6.45) is -0.878. The molecule has 0 saturated heterocycles. The molecule has 0 aromatic heterocycles. The van der Waals surface area contributed by atoms with Crippen molar-refractivity contribution in [2.24, 2.45) is 23.0 Å². The van der Waals surface area contributed by atoms with E-state index in [-0.39, 0.29) is 29.4 Å². The van der Waals surface area contributed by atoms with Gasteiger partial charge in [0.2, 0.25) is 11.8 Å². The number of aliphatic hydroxyl groups is 1. The summed E-state index contributed by atoms with van der Waals surface area (Å²) in [7, 11) is 0. The van der Waals surface area contributed by atoms with E-state index in [4.69, 9.17) is 5.73 Å². The zero-order valence-corrected chi connectivity index (χ0v) is 18.9. The molecule has 1 fully saturated rings. The van der Waals surface area contributed by atoms with E-state index >= 15 is 0 Å². The normalized spacial score (nSPS) is 21.2. The van der Waals surface area contributed by atoms with Crippen LogP contribution in [0.4, 0.5) is 0 Å². The zero-order chi connectivity index (χ0) is 23.5. The van der Waals surface area contributed by atoms with Gasteiger partial charge in [-0.2, -0.15) is 0 Å². The molecule has 0 bridgehead atoms. The summed E-state index contributed by atoms with van der Waals surface area (Å²) in [6.45, 7) is 8.78. The molecule has 31 heavy (non-hydrogen) atoms. The largest absolute Gasteiger partial charge is 0.382 e. The van der Waals surface area contributed by atoms with Gasteiger partial charge < -0.3 is 16.2 Å². The van der Waals surface area contributed by atoms with Gasteiger partial charge in [-0.15, -0.1) is 0 Å². The second-order valence-electron chi connectivity index (χ2n) is 9.90. The third-order valence-corrected chi connectivity index (χ3v) is 5.61. The van der Waals surface area contributed by atoms with E-state index in [0.717, 1.165) is 12.0 Å². The first kappa shape index (κ1) is 24.8. The summed E-state index contributed by atoms with van der Waals surface area (Å²) in [5, 5.41) is 24.3. The molecule has 0 radical (unpaired) electrons. The number of hydroxylamine groups is 2. The van der Waals surface area contributed by atoms with E-state index in [1.165, 1.54) is 0 Å². The molecule has 172 valence electrons. The Morgan fingerprint density at radius 1 is 1.19 bits per heavy atom. The minimum atomic E-state index is -1.83. The van der Waals surface area contributed by atoms with Crippen molar-refractivity contribution in [3.8, 4) is 0 Å². The highest BCUT2D eigenvalue weighted by Gasteiger charge is 2.46. The highest BCUT2D eigenvalue weighted by molar-refractivity contribution is 5.92. The number of nitrogens with zero attached hydrogens (tertiary/aromatic N) is 1. The minimum absolute atomic E-state index is 0.00130. The van der Waals surface area contributed by atoms with Gasteiger partial charge in [-0.25, -0.2) is 5.06 Å². The highest BCUT2D eigenvalue weighted by Crippen LogP contribution is 2.41. The number of nitrogens with two attached hydrogens (primary N) is 1. The fourth-order valence-electron chi connectivity index (χ4n) is 3.90. The lowest BCUT2D eigenvalue weighted by molar-refractivity contribution is -0.199. The average molecular weight is 434 g/mol. The fraction of sp³-hybridized carbons (Fsp3) is 0.609. The van der Waals surface area contributed by atoms with Crippen LogP contribution in [0.3, 0.4) is 0 Å². The molecule has 1 aliphatic rings.